The van der Waals surface area contributed by atoms with Crippen LogP contribution in [0.1, 0.15) is 30.3 Å². The molecule has 5 heterocycles. The number of nitrogens with zero attached hydrogens (tertiary/aromatic N) is 6. The molecule has 1 aliphatic rings. The number of ether oxygens (including phenoxy) is 2. The zero-order valence-electron chi connectivity index (χ0n) is 21.9. The minimum absolute atomic E-state index is 0. The number of amides is 1. The number of methoxy groups -OCH3 is 1. The Morgan fingerprint density at radius 2 is 1.90 bits per heavy atom. The second-order valence-electron chi connectivity index (χ2n) is 8.65. The third kappa shape index (κ3) is 8.01. The van der Waals surface area contributed by atoms with Crippen LogP contribution in [0.4, 0.5) is 10.9 Å². The highest BCUT2D eigenvalue weighted by Crippen LogP contribution is 2.37. The number of halogens is 2. The highest BCUT2D eigenvalue weighted by molar-refractivity contribution is 7.99. The molecule has 0 bridgehead atoms. The molecule has 0 spiro atoms. The quantitative estimate of drug-likeness (QED) is 0.241. The van der Waals surface area contributed by atoms with Crippen molar-refractivity contribution in [2.75, 3.05) is 32.1 Å². The first-order chi connectivity index (χ1) is 18.6. The molecule has 0 atom stereocenters. The van der Waals surface area contributed by atoms with Gasteiger partial charge in [0.1, 0.15) is 23.2 Å². The average Bonchev–Trinajstić information content (AvgIpc) is 3.41. The van der Waals surface area contributed by atoms with Gasteiger partial charge in [-0.1, -0.05) is 17.8 Å². The fourth-order valence-corrected chi connectivity index (χ4v) is 5.45. The van der Waals surface area contributed by atoms with Crippen molar-refractivity contribution in [1.29, 1.82) is 0 Å². The number of carbonyl (C=O) groups is 1. The average molecular weight is 623 g/mol. The van der Waals surface area contributed by atoms with Crippen LogP contribution in [0.3, 0.4) is 0 Å². The maximum Gasteiger partial charge on any atom is 0.248 e. The summed E-state index contributed by atoms with van der Waals surface area (Å²) in [5.41, 5.74) is 0.773. The van der Waals surface area contributed by atoms with Crippen molar-refractivity contribution in [3.8, 4) is 11.5 Å². The van der Waals surface area contributed by atoms with E-state index in [1.807, 2.05) is 48.2 Å². The molecule has 1 fully saturated rings. The van der Waals surface area contributed by atoms with Crippen LogP contribution in [0.5, 0.6) is 11.5 Å². The topological polar surface area (TPSA) is 115 Å². The molecule has 212 valence electrons. The SMILES string of the molecule is COCC(=O)N1CCC(c2nsc(Nc3ncc(Sc4ccccn4)cc3Oc3cccnc3C)n2)CC1.Cl.Cl. The Bertz CT molecular complexity index is 1390. The normalized spacial score (nSPS) is 13.2. The van der Waals surface area contributed by atoms with E-state index in [1.165, 1.54) is 30.4 Å². The summed E-state index contributed by atoms with van der Waals surface area (Å²) in [5.74, 6) is 2.72. The molecule has 14 heteroatoms. The molecular formula is C26H29Cl2N7O3S2. The Hall–Kier alpha value is -3.03. The number of piperidine rings is 1. The summed E-state index contributed by atoms with van der Waals surface area (Å²) < 4.78 is 15.8. The smallest absolute Gasteiger partial charge is 0.248 e. The molecule has 0 unspecified atom stereocenters. The van der Waals surface area contributed by atoms with Crippen LogP contribution in [-0.2, 0) is 9.53 Å². The fourth-order valence-electron chi connectivity index (χ4n) is 4.03. The van der Waals surface area contributed by atoms with E-state index in [9.17, 15) is 4.79 Å². The zero-order chi connectivity index (χ0) is 26.3. The molecule has 4 aromatic rings. The summed E-state index contributed by atoms with van der Waals surface area (Å²) in [7, 11) is 1.54. The maximum absolute atomic E-state index is 12.1. The number of carbonyl (C=O) groups excluding carboxylic acids is 1. The van der Waals surface area contributed by atoms with Gasteiger partial charge in [-0.2, -0.15) is 4.37 Å². The van der Waals surface area contributed by atoms with Gasteiger partial charge in [0, 0.05) is 67.2 Å². The maximum atomic E-state index is 12.1. The second kappa shape index (κ2) is 15.1. The Morgan fingerprint density at radius 3 is 2.62 bits per heavy atom. The van der Waals surface area contributed by atoms with Gasteiger partial charge in [0.2, 0.25) is 11.0 Å². The van der Waals surface area contributed by atoms with E-state index in [4.69, 9.17) is 14.5 Å². The van der Waals surface area contributed by atoms with E-state index in [0.717, 1.165) is 34.3 Å². The van der Waals surface area contributed by atoms with Crippen LogP contribution < -0.4 is 10.1 Å². The first kappa shape index (κ1) is 31.5. The zero-order valence-corrected chi connectivity index (χ0v) is 25.1. The van der Waals surface area contributed by atoms with E-state index in [0.29, 0.717) is 35.5 Å². The molecule has 1 aliphatic heterocycles. The third-order valence-corrected chi connectivity index (χ3v) is 7.57. The Labute approximate surface area is 253 Å². The van der Waals surface area contributed by atoms with Crippen LogP contribution in [0.25, 0.3) is 0 Å². The summed E-state index contributed by atoms with van der Waals surface area (Å²) in [5, 5.41) is 4.78. The first-order valence-electron chi connectivity index (χ1n) is 12.1. The Balaban J connectivity index is 0.00000220. The molecule has 0 saturated carbocycles. The van der Waals surface area contributed by atoms with Gasteiger partial charge in [-0.15, -0.1) is 24.8 Å². The predicted molar refractivity (Wildman–Crippen MR) is 160 cm³/mol. The number of likely N-dealkylation sites (tertiary alicyclic amines) is 1. The van der Waals surface area contributed by atoms with E-state index in [1.54, 1.807) is 18.6 Å². The van der Waals surface area contributed by atoms with Crippen LogP contribution in [0.15, 0.2) is 64.9 Å². The van der Waals surface area contributed by atoms with Crippen molar-refractivity contribution in [3.05, 3.63) is 66.5 Å². The van der Waals surface area contributed by atoms with Gasteiger partial charge in [-0.05, 0) is 44.0 Å². The summed E-state index contributed by atoms with van der Waals surface area (Å²) in [6.07, 6.45) is 6.90. The van der Waals surface area contributed by atoms with E-state index in [-0.39, 0.29) is 43.2 Å². The lowest BCUT2D eigenvalue weighted by Gasteiger charge is -2.30. The molecule has 1 saturated heterocycles. The van der Waals surface area contributed by atoms with Gasteiger partial charge in [-0.25, -0.2) is 15.0 Å². The summed E-state index contributed by atoms with van der Waals surface area (Å²) in [6.45, 7) is 3.36. The molecule has 0 radical (unpaired) electrons. The van der Waals surface area contributed by atoms with Crippen LogP contribution in [0.2, 0.25) is 0 Å². The molecular weight excluding hydrogens is 593 g/mol. The fraction of sp³-hybridized carbons (Fsp3) is 0.308. The number of aryl methyl sites for hydroxylation is 1. The predicted octanol–water partition coefficient (Wildman–Crippen LogP) is 5.91. The van der Waals surface area contributed by atoms with Gasteiger partial charge < -0.3 is 19.7 Å². The van der Waals surface area contributed by atoms with Crippen molar-refractivity contribution in [2.45, 2.75) is 35.6 Å². The molecule has 5 rings (SSSR count). The largest absolute Gasteiger partial charge is 0.452 e. The second-order valence-corrected chi connectivity index (χ2v) is 10.5. The monoisotopic (exact) mass is 621 g/mol. The molecule has 10 nitrogen and oxygen atoms in total. The summed E-state index contributed by atoms with van der Waals surface area (Å²) in [6, 6.07) is 11.4. The Morgan fingerprint density at radius 1 is 1.10 bits per heavy atom. The van der Waals surface area contributed by atoms with Crippen molar-refractivity contribution in [2.24, 2.45) is 0 Å². The minimum atomic E-state index is 0. The van der Waals surface area contributed by atoms with Gasteiger partial charge in [0.15, 0.2) is 11.6 Å². The standard InChI is InChI=1S/C26H27N7O3S2.2ClH/c1-17-20(6-5-11-27-17)36-21-14-19(37-22-7-3-4-10-28-22)15-29-25(21)31-26-30-24(32-38-26)18-8-12-33(13-9-18)23(34)16-35-2;;/h3-7,10-11,14-15,18H,8-9,12-13,16H2,1-2H3,(H,29,30,31,32);2*1H. The van der Waals surface area contributed by atoms with Gasteiger partial charge in [0.25, 0.3) is 0 Å². The number of pyridine rings is 3. The number of hydrogen-bond donors (Lipinski definition) is 1. The van der Waals surface area contributed by atoms with E-state index in [2.05, 4.69) is 24.6 Å². The van der Waals surface area contributed by atoms with Gasteiger partial charge >= 0.3 is 0 Å². The van der Waals surface area contributed by atoms with Crippen LogP contribution >= 0.6 is 48.1 Å². The molecule has 0 aromatic carbocycles. The number of aromatic nitrogens is 5. The van der Waals surface area contributed by atoms with Crippen molar-refractivity contribution in [1.82, 2.24) is 29.2 Å². The summed E-state index contributed by atoms with van der Waals surface area (Å²) in [4.78, 5) is 32.9. The number of anilines is 2. The molecule has 4 aromatic heterocycles. The van der Waals surface area contributed by atoms with Crippen molar-refractivity contribution >= 4 is 65.0 Å². The van der Waals surface area contributed by atoms with Crippen LogP contribution in [0, 0.1) is 6.92 Å². The Kier molecular flexibility index (Phi) is 11.9. The van der Waals surface area contributed by atoms with Crippen molar-refractivity contribution in [3.63, 3.8) is 0 Å². The lowest BCUT2D eigenvalue weighted by atomic mass is 9.96. The highest BCUT2D eigenvalue weighted by Gasteiger charge is 2.26. The van der Waals surface area contributed by atoms with Gasteiger partial charge in [-0.3, -0.25) is 9.78 Å². The highest BCUT2D eigenvalue weighted by atomic mass is 35.5. The third-order valence-electron chi connectivity index (χ3n) is 6.01. The van der Waals surface area contributed by atoms with Gasteiger partial charge in [0.05, 0.1) is 5.69 Å². The van der Waals surface area contributed by atoms with E-state index >= 15 is 0 Å². The minimum Gasteiger partial charge on any atom is -0.452 e. The number of nitrogens with one attached hydrogen (secondary N) is 1. The first-order valence-corrected chi connectivity index (χ1v) is 13.7. The molecule has 40 heavy (non-hydrogen) atoms. The molecule has 0 aliphatic carbocycles. The lowest BCUT2D eigenvalue weighted by Crippen LogP contribution is -2.39. The number of rotatable bonds is 9. The number of hydrogen-bond acceptors (Lipinski definition) is 11. The van der Waals surface area contributed by atoms with E-state index < -0.39 is 0 Å². The lowest BCUT2D eigenvalue weighted by molar-refractivity contribution is -0.136. The van der Waals surface area contributed by atoms with Crippen molar-refractivity contribution < 1.29 is 14.3 Å². The molecule has 1 amide bonds. The summed E-state index contributed by atoms with van der Waals surface area (Å²) >= 11 is 2.78. The van der Waals surface area contributed by atoms with Crippen LogP contribution in [-0.4, -0.2) is 61.9 Å². The molecule has 1 N–H and O–H groups in total.